The van der Waals surface area contributed by atoms with E-state index in [1.165, 1.54) is 6.07 Å². The van der Waals surface area contributed by atoms with Crippen LogP contribution in [0.5, 0.6) is 0 Å². The van der Waals surface area contributed by atoms with Crippen molar-refractivity contribution in [3.8, 4) is 0 Å². The van der Waals surface area contributed by atoms with E-state index in [2.05, 4.69) is 0 Å². The lowest BCUT2D eigenvalue weighted by molar-refractivity contribution is -0.137. The van der Waals surface area contributed by atoms with Gasteiger partial charge >= 0.3 is 6.18 Å². The summed E-state index contributed by atoms with van der Waals surface area (Å²) in [6.45, 7) is 1.52. The van der Waals surface area contributed by atoms with Crippen LogP contribution in [0.15, 0.2) is 24.3 Å². The predicted molar refractivity (Wildman–Crippen MR) is 46.9 cm³/mol. The fourth-order valence-corrected chi connectivity index (χ4v) is 1.13. The highest BCUT2D eigenvalue weighted by Crippen LogP contribution is 2.30. The van der Waals surface area contributed by atoms with Gasteiger partial charge in [-0.05, 0) is 11.6 Å². The summed E-state index contributed by atoms with van der Waals surface area (Å²) in [4.78, 5) is 0. The summed E-state index contributed by atoms with van der Waals surface area (Å²) in [6.07, 6.45) is -4.31. The van der Waals surface area contributed by atoms with Gasteiger partial charge in [-0.3, -0.25) is 0 Å². The molecule has 1 rings (SSSR count). The van der Waals surface area contributed by atoms with Gasteiger partial charge in [-0.2, -0.15) is 13.2 Å². The van der Waals surface area contributed by atoms with Crippen molar-refractivity contribution in [1.82, 2.24) is 0 Å². The zero-order valence-corrected chi connectivity index (χ0v) is 7.67. The molecular weight excluding hydrogens is 193 g/mol. The van der Waals surface area contributed by atoms with E-state index in [0.717, 1.165) is 12.1 Å². The first kappa shape index (κ1) is 11.0. The average molecular weight is 204 g/mol. The maximum Gasteiger partial charge on any atom is 0.416 e. The van der Waals surface area contributed by atoms with Crippen LogP contribution in [0, 0.1) is 0 Å². The summed E-state index contributed by atoms with van der Waals surface area (Å²) < 4.78 is 36.8. The molecule has 0 aliphatic carbocycles. The Morgan fingerprint density at radius 3 is 2.50 bits per heavy atom. The van der Waals surface area contributed by atoms with Gasteiger partial charge in [0.05, 0.1) is 5.56 Å². The molecule has 78 valence electrons. The molecule has 0 saturated heterocycles. The molecule has 0 radical (unpaired) electrons. The summed E-state index contributed by atoms with van der Waals surface area (Å²) in [5.41, 5.74) is -0.169. The summed E-state index contributed by atoms with van der Waals surface area (Å²) in [5, 5.41) is 8.80. The lowest BCUT2D eigenvalue weighted by Gasteiger charge is -2.11. The van der Waals surface area contributed by atoms with E-state index in [1.807, 2.05) is 0 Å². The molecule has 1 nitrogen and oxygen atoms in total. The summed E-state index contributed by atoms with van der Waals surface area (Å²) in [5.74, 6) is -0.266. The predicted octanol–water partition coefficient (Wildman–Crippen LogP) is 2.80. The molecule has 1 unspecified atom stereocenters. The van der Waals surface area contributed by atoms with Crippen LogP contribution in [0.1, 0.15) is 24.0 Å². The van der Waals surface area contributed by atoms with Gasteiger partial charge in [-0.25, -0.2) is 0 Å². The van der Waals surface area contributed by atoms with Gasteiger partial charge in [0.15, 0.2) is 0 Å². The third kappa shape index (κ3) is 2.48. The largest absolute Gasteiger partial charge is 0.416 e. The molecule has 0 saturated carbocycles. The van der Waals surface area contributed by atoms with Crippen molar-refractivity contribution < 1.29 is 18.3 Å². The minimum Gasteiger partial charge on any atom is -0.396 e. The van der Waals surface area contributed by atoms with Crippen molar-refractivity contribution in [3.05, 3.63) is 35.4 Å². The third-order valence-corrected chi connectivity index (χ3v) is 2.06. The molecule has 1 aromatic carbocycles. The van der Waals surface area contributed by atoms with Crippen LogP contribution in [0.2, 0.25) is 0 Å². The average Bonchev–Trinajstić information content (AvgIpc) is 2.15. The summed E-state index contributed by atoms with van der Waals surface area (Å²) in [6, 6.07) is 5.02. The lowest BCUT2D eigenvalue weighted by atomic mass is 10.00. The van der Waals surface area contributed by atoms with Crippen molar-refractivity contribution >= 4 is 0 Å². The smallest absolute Gasteiger partial charge is 0.396 e. The second kappa shape index (κ2) is 4.00. The Hall–Kier alpha value is -1.03. The molecule has 1 aromatic rings. The van der Waals surface area contributed by atoms with Crippen LogP contribution >= 0.6 is 0 Å². The number of hydrogen-bond acceptors (Lipinski definition) is 1. The highest BCUT2D eigenvalue weighted by Gasteiger charge is 2.30. The number of benzene rings is 1. The van der Waals surface area contributed by atoms with Gasteiger partial charge in [0, 0.05) is 12.5 Å². The first-order valence-electron chi connectivity index (χ1n) is 4.23. The normalized spacial score (nSPS) is 14.1. The molecule has 0 amide bonds. The van der Waals surface area contributed by atoms with Crippen molar-refractivity contribution in [2.24, 2.45) is 0 Å². The standard InChI is InChI=1S/C10H11F3O/c1-7(6-14)8-3-2-4-9(5-8)10(11,12)13/h2-5,7,14H,6H2,1H3. The highest BCUT2D eigenvalue weighted by atomic mass is 19.4. The van der Waals surface area contributed by atoms with Gasteiger partial charge < -0.3 is 5.11 Å². The zero-order chi connectivity index (χ0) is 10.8. The van der Waals surface area contributed by atoms with Gasteiger partial charge in [0.1, 0.15) is 0 Å². The SMILES string of the molecule is CC(CO)c1cccc(C(F)(F)F)c1. The fraction of sp³-hybridized carbons (Fsp3) is 0.400. The van der Waals surface area contributed by atoms with Crippen molar-refractivity contribution in [3.63, 3.8) is 0 Å². The van der Waals surface area contributed by atoms with E-state index in [-0.39, 0.29) is 12.5 Å². The van der Waals surface area contributed by atoms with Crippen LogP contribution < -0.4 is 0 Å². The van der Waals surface area contributed by atoms with Crippen LogP contribution in [0.4, 0.5) is 13.2 Å². The van der Waals surface area contributed by atoms with E-state index < -0.39 is 11.7 Å². The molecule has 1 atom stereocenters. The van der Waals surface area contributed by atoms with E-state index in [4.69, 9.17) is 5.11 Å². The Bertz CT molecular complexity index is 306. The number of alkyl halides is 3. The molecule has 4 heteroatoms. The number of aliphatic hydroxyl groups excluding tert-OH is 1. The number of aliphatic hydroxyl groups is 1. The second-order valence-electron chi connectivity index (χ2n) is 3.21. The van der Waals surface area contributed by atoms with Crippen LogP contribution in [-0.4, -0.2) is 11.7 Å². The van der Waals surface area contributed by atoms with E-state index in [1.54, 1.807) is 13.0 Å². The van der Waals surface area contributed by atoms with E-state index >= 15 is 0 Å². The maximum atomic E-state index is 12.3. The molecule has 0 heterocycles. The Kier molecular flexibility index (Phi) is 3.16. The monoisotopic (exact) mass is 204 g/mol. The molecule has 0 bridgehead atoms. The van der Waals surface area contributed by atoms with Crippen molar-refractivity contribution in [2.45, 2.75) is 19.0 Å². The topological polar surface area (TPSA) is 20.2 Å². The first-order chi connectivity index (χ1) is 6.45. The van der Waals surface area contributed by atoms with Gasteiger partial charge in [0.2, 0.25) is 0 Å². The summed E-state index contributed by atoms with van der Waals surface area (Å²) in [7, 11) is 0. The van der Waals surface area contributed by atoms with E-state index in [9.17, 15) is 13.2 Å². The molecule has 0 aliphatic heterocycles. The van der Waals surface area contributed by atoms with Gasteiger partial charge in [-0.1, -0.05) is 25.1 Å². The molecule has 1 N–H and O–H groups in total. The Balaban J connectivity index is 3.01. The highest BCUT2D eigenvalue weighted by molar-refractivity contribution is 5.27. The van der Waals surface area contributed by atoms with Crippen LogP contribution in [-0.2, 0) is 6.18 Å². The van der Waals surface area contributed by atoms with Crippen molar-refractivity contribution in [2.75, 3.05) is 6.61 Å². The molecular formula is C10H11F3O. The zero-order valence-electron chi connectivity index (χ0n) is 7.67. The Labute approximate surface area is 80.2 Å². The molecule has 0 fully saturated rings. The lowest BCUT2D eigenvalue weighted by Crippen LogP contribution is -2.07. The minimum absolute atomic E-state index is 0.151. The minimum atomic E-state index is -4.31. The van der Waals surface area contributed by atoms with Gasteiger partial charge in [-0.15, -0.1) is 0 Å². The summed E-state index contributed by atoms with van der Waals surface area (Å²) >= 11 is 0. The van der Waals surface area contributed by atoms with E-state index in [0.29, 0.717) is 5.56 Å². The molecule has 0 spiro atoms. The number of rotatable bonds is 2. The Morgan fingerprint density at radius 2 is 2.00 bits per heavy atom. The van der Waals surface area contributed by atoms with Crippen molar-refractivity contribution in [1.29, 1.82) is 0 Å². The second-order valence-corrected chi connectivity index (χ2v) is 3.21. The van der Waals surface area contributed by atoms with Crippen LogP contribution in [0.25, 0.3) is 0 Å². The molecule has 14 heavy (non-hydrogen) atoms. The maximum absolute atomic E-state index is 12.3. The number of hydrogen-bond donors (Lipinski definition) is 1. The fourth-order valence-electron chi connectivity index (χ4n) is 1.13. The van der Waals surface area contributed by atoms with Crippen LogP contribution in [0.3, 0.4) is 0 Å². The Morgan fingerprint density at radius 1 is 1.36 bits per heavy atom. The molecule has 0 aliphatic rings. The molecule has 0 aromatic heterocycles. The first-order valence-corrected chi connectivity index (χ1v) is 4.23. The number of halogens is 3. The quantitative estimate of drug-likeness (QED) is 0.785. The van der Waals surface area contributed by atoms with Gasteiger partial charge in [0.25, 0.3) is 0 Å². The third-order valence-electron chi connectivity index (χ3n) is 2.06.